The summed E-state index contributed by atoms with van der Waals surface area (Å²) in [5, 5.41) is 15.8. The van der Waals surface area contributed by atoms with Crippen LogP contribution in [-0.4, -0.2) is 62.8 Å². The van der Waals surface area contributed by atoms with E-state index in [0.717, 1.165) is 0 Å². The molecule has 1 saturated carbocycles. The Morgan fingerprint density at radius 1 is 1.12 bits per heavy atom. The number of tetrazole rings is 1. The van der Waals surface area contributed by atoms with Crippen molar-refractivity contribution in [3.63, 3.8) is 0 Å². The lowest BCUT2D eigenvalue weighted by Gasteiger charge is -2.27. The highest BCUT2D eigenvalue weighted by molar-refractivity contribution is 6.04. The molecule has 2 N–H and O–H groups in total. The van der Waals surface area contributed by atoms with Crippen molar-refractivity contribution in [2.45, 2.75) is 38.0 Å². The molecule has 2 fully saturated rings. The summed E-state index contributed by atoms with van der Waals surface area (Å²) in [5.41, 5.74) is 1.50. The number of benzene rings is 1. The minimum absolute atomic E-state index is 0.0556. The second-order valence-electron chi connectivity index (χ2n) is 8.18. The minimum Gasteiger partial charge on any atom is -0.438 e. The number of aromatic amines is 1. The molecule has 1 amide bonds. The Bertz CT molecular complexity index is 1060. The fraction of sp³-hybridized carbons (Fsp3) is 0.455. The summed E-state index contributed by atoms with van der Waals surface area (Å²) < 4.78 is 11.5. The van der Waals surface area contributed by atoms with Gasteiger partial charge in [0.05, 0.1) is 13.2 Å². The van der Waals surface area contributed by atoms with Crippen LogP contribution >= 0.6 is 0 Å². The Hall–Kier alpha value is -3.60. The van der Waals surface area contributed by atoms with Crippen molar-refractivity contribution >= 4 is 17.8 Å². The highest BCUT2D eigenvalue weighted by atomic mass is 16.5. The van der Waals surface area contributed by atoms with Gasteiger partial charge in [0.2, 0.25) is 11.8 Å². The van der Waals surface area contributed by atoms with E-state index in [2.05, 4.69) is 48.0 Å². The first-order chi connectivity index (χ1) is 16.3. The van der Waals surface area contributed by atoms with Gasteiger partial charge in [-0.25, -0.2) is 4.98 Å². The topological polar surface area (TPSA) is 131 Å². The zero-order valence-corrected chi connectivity index (χ0v) is 18.2. The number of H-pyrrole nitrogens is 1. The molecule has 3 aromatic rings. The maximum absolute atomic E-state index is 12.8. The third-order valence-electron chi connectivity index (χ3n) is 6.02. The van der Waals surface area contributed by atoms with Gasteiger partial charge in [0, 0.05) is 19.3 Å². The van der Waals surface area contributed by atoms with Gasteiger partial charge >= 0.3 is 0 Å². The Labute approximate surface area is 190 Å². The van der Waals surface area contributed by atoms with E-state index in [1.807, 2.05) is 17.0 Å². The number of nitrogens with one attached hydrogen (secondary N) is 2. The average molecular weight is 451 g/mol. The fourth-order valence-corrected chi connectivity index (χ4v) is 4.25. The molecule has 1 aromatic carbocycles. The Morgan fingerprint density at radius 3 is 2.64 bits per heavy atom. The molecule has 0 atom stereocenters. The van der Waals surface area contributed by atoms with E-state index in [1.165, 1.54) is 43.9 Å². The third-order valence-corrected chi connectivity index (χ3v) is 6.02. The van der Waals surface area contributed by atoms with Gasteiger partial charge in [0.25, 0.3) is 11.9 Å². The van der Waals surface area contributed by atoms with Crippen LogP contribution < -0.4 is 15.0 Å². The second-order valence-corrected chi connectivity index (χ2v) is 8.18. The zero-order valence-electron chi connectivity index (χ0n) is 18.2. The number of hydrogen-bond donors (Lipinski definition) is 2. The van der Waals surface area contributed by atoms with Gasteiger partial charge in [-0.2, -0.15) is 10.2 Å². The standard InChI is InChI=1S/C22H26N8O3/c31-19(24-21-26-28-29-27-21)18-14-23-22(30-10-12-32-13-11-30)25-20(18)33-17-8-6-16(7-9-17)15-4-2-1-3-5-15/h6-9,14-15H,1-5,10-13H2,(H2,24,26,27,28,29,31). The lowest BCUT2D eigenvalue weighted by molar-refractivity contribution is 0.102. The van der Waals surface area contributed by atoms with Crippen molar-refractivity contribution in [1.82, 2.24) is 30.6 Å². The second kappa shape index (κ2) is 9.90. The fourth-order valence-electron chi connectivity index (χ4n) is 4.25. The number of ether oxygens (including phenoxy) is 2. The molecule has 0 radical (unpaired) electrons. The van der Waals surface area contributed by atoms with Gasteiger partial charge in [-0.3, -0.25) is 10.1 Å². The summed E-state index contributed by atoms with van der Waals surface area (Å²) in [4.78, 5) is 23.8. The molecule has 0 bridgehead atoms. The van der Waals surface area contributed by atoms with Crippen LogP contribution in [0.15, 0.2) is 30.5 Å². The predicted octanol–water partition coefficient (Wildman–Crippen LogP) is 2.92. The minimum atomic E-state index is -0.487. The van der Waals surface area contributed by atoms with Crippen LogP contribution in [0.4, 0.5) is 11.9 Å². The number of morpholine rings is 1. The number of carbonyl (C=O) groups is 1. The number of anilines is 2. The normalized spacial score (nSPS) is 17.0. The van der Waals surface area contributed by atoms with Crippen LogP contribution in [0.1, 0.15) is 53.9 Å². The first-order valence-electron chi connectivity index (χ1n) is 11.3. The first-order valence-corrected chi connectivity index (χ1v) is 11.3. The molecular weight excluding hydrogens is 424 g/mol. The third kappa shape index (κ3) is 5.08. The highest BCUT2D eigenvalue weighted by Crippen LogP contribution is 2.34. The molecule has 5 rings (SSSR count). The highest BCUT2D eigenvalue weighted by Gasteiger charge is 2.22. The van der Waals surface area contributed by atoms with Gasteiger partial charge in [0.1, 0.15) is 11.3 Å². The molecular formula is C22H26N8O3. The number of carbonyl (C=O) groups excluding carboxylic acids is 1. The van der Waals surface area contributed by atoms with Gasteiger partial charge < -0.3 is 14.4 Å². The van der Waals surface area contributed by atoms with Crippen LogP contribution in [-0.2, 0) is 4.74 Å². The number of aromatic nitrogens is 6. The molecule has 1 aliphatic heterocycles. The maximum atomic E-state index is 12.8. The summed E-state index contributed by atoms with van der Waals surface area (Å²) >= 11 is 0. The van der Waals surface area contributed by atoms with Crippen LogP contribution in [0.5, 0.6) is 11.6 Å². The summed E-state index contributed by atoms with van der Waals surface area (Å²) in [6.07, 6.45) is 7.81. The Balaban J connectivity index is 1.39. The maximum Gasteiger partial charge on any atom is 0.270 e. The van der Waals surface area contributed by atoms with Crippen molar-refractivity contribution in [2.75, 3.05) is 36.5 Å². The predicted molar refractivity (Wildman–Crippen MR) is 120 cm³/mol. The summed E-state index contributed by atoms with van der Waals surface area (Å²) in [5.74, 6) is 1.44. The van der Waals surface area contributed by atoms with E-state index in [9.17, 15) is 4.79 Å². The smallest absolute Gasteiger partial charge is 0.270 e. The van der Waals surface area contributed by atoms with Crippen LogP contribution in [0.3, 0.4) is 0 Å². The lowest BCUT2D eigenvalue weighted by atomic mass is 9.84. The summed E-state index contributed by atoms with van der Waals surface area (Å²) in [7, 11) is 0. The van der Waals surface area contributed by atoms with Crippen molar-refractivity contribution in [2.24, 2.45) is 0 Å². The molecule has 33 heavy (non-hydrogen) atoms. The summed E-state index contributed by atoms with van der Waals surface area (Å²) in [6.45, 7) is 2.54. The summed E-state index contributed by atoms with van der Waals surface area (Å²) in [6, 6.07) is 8.07. The van der Waals surface area contributed by atoms with Crippen LogP contribution in [0, 0.1) is 0 Å². The average Bonchev–Trinajstić information content (AvgIpc) is 3.38. The lowest BCUT2D eigenvalue weighted by Crippen LogP contribution is -2.37. The van der Waals surface area contributed by atoms with Crippen molar-refractivity contribution in [1.29, 1.82) is 0 Å². The van der Waals surface area contributed by atoms with Gasteiger partial charge in [0.15, 0.2) is 0 Å². The van der Waals surface area contributed by atoms with Gasteiger partial charge in [-0.15, -0.1) is 5.10 Å². The molecule has 3 heterocycles. The van der Waals surface area contributed by atoms with Crippen molar-refractivity contribution < 1.29 is 14.3 Å². The Kier molecular flexibility index (Phi) is 6.38. The Morgan fingerprint density at radius 2 is 1.91 bits per heavy atom. The van der Waals surface area contributed by atoms with Crippen LogP contribution in [0.2, 0.25) is 0 Å². The molecule has 172 valence electrons. The van der Waals surface area contributed by atoms with Crippen molar-refractivity contribution in [3.05, 3.63) is 41.6 Å². The quantitative estimate of drug-likeness (QED) is 0.582. The number of rotatable bonds is 6. The van der Waals surface area contributed by atoms with E-state index >= 15 is 0 Å². The van der Waals surface area contributed by atoms with Crippen molar-refractivity contribution in [3.8, 4) is 11.6 Å². The van der Waals surface area contributed by atoms with E-state index < -0.39 is 5.91 Å². The molecule has 11 nitrogen and oxygen atoms in total. The van der Waals surface area contributed by atoms with E-state index in [0.29, 0.717) is 43.9 Å². The molecule has 2 aliphatic rings. The zero-order chi connectivity index (χ0) is 22.5. The monoisotopic (exact) mass is 450 g/mol. The number of amides is 1. The van der Waals surface area contributed by atoms with Crippen LogP contribution in [0.25, 0.3) is 0 Å². The van der Waals surface area contributed by atoms with E-state index in [4.69, 9.17) is 9.47 Å². The van der Waals surface area contributed by atoms with Gasteiger partial charge in [-0.1, -0.05) is 36.5 Å². The van der Waals surface area contributed by atoms with E-state index in [-0.39, 0.29) is 17.4 Å². The van der Waals surface area contributed by atoms with Gasteiger partial charge in [-0.05, 0) is 41.7 Å². The molecule has 0 unspecified atom stereocenters. The molecule has 2 aromatic heterocycles. The largest absolute Gasteiger partial charge is 0.438 e. The number of nitrogens with zero attached hydrogens (tertiary/aromatic N) is 6. The molecule has 0 spiro atoms. The molecule has 1 aliphatic carbocycles. The first kappa shape index (κ1) is 21.3. The number of hydrogen-bond acceptors (Lipinski definition) is 9. The molecule has 1 saturated heterocycles. The molecule has 11 heteroatoms. The SMILES string of the molecule is O=C(Nc1nn[nH]n1)c1cnc(N2CCOCC2)nc1Oc1ccc(C2CCCCC2)cc1. The van der Waals surface area contributed by atoms with E-state index in [1.54, 1.807) is 0 Å².